The van der Waals surface area contributed by atoms with Crippen molar-refractivity contribution in [2.45, 2.75) is 26.3 Å². The summed E-state index contributed by atoms with van der Waals surface area (Å²) in [7, 11) is 0. The number of anilines is 1. The van der Waals surface area contributed by atoms with Crippen LogP contribution >= 0.6 is 27.5 Å². The lowest BCUT2D eigenvalue weighted by atomic mass is 10.0. The van der Waals surface area contributed by atoms with Gasteiger partial charge in [0.1, 0.15) is 6.07 Å². The Kier molecular flexibility index (Phi) is 4.25. The number of hydrogen-bond acceptors (Lipinski definition) is 2. The van der Waals surface area contributed by atoms with Crippen LogP contribution < -0.4 is 4.90 Å². The second-order valence-corrected chi connectivity index (χ2v) is 5.95. The fraction of sp³-hybridized carbons (Fsp3) is 0.333. The molecule has 0 heterocycles. The third-order valence-corrected chi connectivity index (χ3v) is 3.22. The zero-order valence-corrected chi connectivity index (χ0v) is 12.5. The highest BCUT2D eigenvalue weighted by Crippen LogP contribution is 2.35. The molecule has 0 atom stereocenters. The number of amides is 1. The van der Waals surface area contributed by atoms with Crippen molar-refractivity contribution in [3.05, 3.63) is 27.2 Å². The van der Waals surface area contributed by atoms with Crippen LogP contribution in [0.2, 0.25) is 5.02 Å². The van der Waals surface area contributed by atoms with Crippen LogP contribution in [0.5, 0.6) is 0 Å². The highest BCUT2D eigenvalue weighted by Gasteiger charge is 2.30. The third kappa shape index (κ3) is 2.95. The summed E-state index contributed by atoms with van der Waals surface area (Å²) >= 11 is 9.26. The molecule has 0 aromatic heterocycles. The summed E-state index contributed by atoms with van der Waals surface area (Å²) in [4.78, 5) is 12.5. The molecule has 0 saturated heterocycles. The van der Waals surface area contributed by atoms with Crippen LogP contribution in [-0.4, -0.2) is 16.7 Å². The number of rotatable bonds is 1. The van der Waals surface area contributed by atoms with Crippen molar-refractivity contribution >= 4 is 39.3 Å². The van der Waals surface area contributed by atoms with Gasteiger partial charge in [-0.1, -0.05) is 11.6 Å². The minimum Gasteiger partial charge on any atom is -0.465 e. The Morgan fingerprint density at radius 2 is 2.06 bits per heavy atom. The van der Waals surface area contributed by atoms with Crippen LogP contribution in [0.3, 0.4) is 0 Å². The average molecular weight is 332 g/mol. The van der Waals surface area contributed by atoms with Gasteiger partial charge in [-0.2, -0.15) is 5.26 Å². The van der Waals surface area contributed by atoms with Gasteiger partial charge in [0.2, 0.25) is 0 Å². The van der Waals surface area contributed by atoms with E-state index >= 15 is 0 Å². The van der Waals surface area contributed by atoms with Crippen LogP contribution in [0.1, 0.15) is 26.3 Å². The van der Waals surface area contributed by atoms with E-state index in [0.717, 1.165) is 4.90 Å². The van der Waals surface area contributed by atoms with Gasteiger partial charge in [0.15, 0.2) is 0 Å². The van der Waals surface area contributed by atoms with Gasteiger partial charge in [0, 0.05) is 10.0 Å². The monoisotopic (exact) mass is 330 g/mol. The highest BCUT2D eigenvalue weighted by molar-refractivity contribution is 9.10. The summed E-state index contributed by atoms with van der Waals surface area (Å²) in [6.45, 7) is 5.27. The van der Waals surface area contributed by atoms with Gasteiger partial charge in [0.05, 0.1) is 16.3 Å². The molecule has 0 aliphatic carbocycles. The largest absolute Gasteiger partial charge is 0.465 e. The molecule has 1 aromatic carbocycles. The Hall–Kier alpha value is -1.25. The minimum atomic E-state index is -1.12. The Balaban J connectivity index is 3.48. The zero-order valence-electron chi connectivity index (χ0n) is 10.2. The Labute approximate surface area is 119 Å². The molecule has 0 unspecified atom stereocenters. The molecule has 6 heteroatoms. The van der Waals surface area contributed by atoms with E-state index in [4.69, 9.17) is 16.9 Å². The molecule has 96 valence electrons. The summed E-state index contributed by atoms with van der Waals surface area (Å²) in [5.74, 6) is 0. The number of hydrogen-bond donors (Lipinski definition) is 1. The molecular weight excluding hydrogens is 320 g/mol. The topological polar surface area (TPSA) is 64.3 Å². The van der Waals surface area contributed by atoms with E-state index < -0.39 is 11.6 Å². The van der Waals surface area contributed by atoms with E-state index in [1.165, 1.54) is 12.1 Å². The van der Waals surface area contributed by atoms with E-state index in [9.17, 15) is 9.90 Å². The summed E-state index contributed by atoms with van der Waals surface area (Å²) in [5.41, 5.74) is -0.0166. The normalized spacial score (nSPS) is 10.9. The maximum atomic E-state index is 11.4. The SMILES string of the molecule is CC(C)(C)N(C(=O)O)c1cc(C#N)c(Br)cc1Cl. The first-order valence-electron chi connectivity index (χ1n) is 5.10. The summed E-state index contributed by atoms with van der Waals surface area (Å²) in [6.07, 6.45) is -1.12. The summed E-state index contributed by atoms with van der Waals surface area (Å²) in [5, 5.41) is 18.5. The van der Waals surface area contributed by atoms with Crippen molar-refractivity contribution in [2.24, 2.45) is 0 Å². The van der Waals surface area contributed by atoms with Crippen LogP contribution in [0.15, 0.2) is 16.6 Å². The van der Waals surface area contributed by atoms with Crippen LogP contribution in [-0.2, 0) is 0 Å². The Morgan fingerprint density at radius 1 is 1.50 bits per heavy atom. The van der Waals surface area contributed by atoms with Gasteiger partial charge in [-0.3, -0.25) is 4.90 Å². The quantitative estimate of drug-likeness (QED) is 0.836. The van der Waals surface area contributed by atoms with E-state index in [1.54, 1.807) is 20.8 Å². The smallest absolute Gasteiger partial charge is 0.412 e. The second kappa shape index (κ2) is 5.17. The zero-order chi connectivity index (χ0) is 14.1. The van der Waals surface area contributed by atoms with Crippen LogP contribution in [0.4, 0.5) is 10.5 Å². The molecule has 18 heavy (non-hydrogen) atoms. The average Bonchev–Trinajstić information content (AvgIpc) is 2.19. The van der Waals surface area contributed by atoms with E-state index in [2.05, 4.69) is 15.9 Å². The molecular formula is C12H12BrClN2O2. The molecule has 1 amide bonds. The second-order valence-electron chi connectivity index (χ2n) is 4.68. The molecule has 0 radical (unpaired) electrons. The van der Waals surface area contributed by atoms with Gasteiger partial charge in [-0.05, 0) is 48.8 Å². The predicted molar refractivity (Wildman–Crippen MR) is 74.1 cm³/mol. The number of benzene rings is 1. The number of nitriles is 1. The minimum absolute atomic E-state index is 0.276. The van der Waals surface area contributed by atoms with E-state index in [-0.39, 0.29) is 5.02 Å². The van der Waals surface area contributed by atoms with Crippen molar-refractivity contribution in [3.63, 3.8) is 0 Å². The lowest BCUT2D eigenvalue weighted by molar-refractivity contribution is 0.195. The lowest BCUT2D eigenvalue weighted by Gasteiger charge is -2.33. The fourth-order valence-corrected chi connectivity index (χ4v) is 2.36. The van der Waals surface area contributed by atoms with Crippen LogP contribution in [0, 0.1) is 11.3 Å². The molecule has 0 bridgehead atoms. The first-order valence-corrected chi connectivity index (χ1v) is 6.28. The molecule has 0 saturated carbocycles. The van der Waals surface area contributed by atoms with Gasteiger partial charge in [-0.15, -0.1) is 0 Å². The number of carbonyl (C=O) groups is 1. The lowest BCUT2D eigenvalue weighted by Crippen LogP contribution is -2.45. The highest BCUT2D eigenvalue weighted by atomic mass is 79.9. The molecule has 1 rings (SSSR count). The van der Waals surface area contributed by atoms with Crippen molar-refractivity contribution in [2.75, 3.05) is 4.90 Å². The predicted octanol–water partition coefficient (Wildman–Crippen LogP) is 4.26. The molecule has 1 N–H and O–H groups in total. The maximum absolute atomic E-state index is 11.4. The van der Waals surface area contributed by atoms with Crippen molar-refractivity contribution in [1.82, 2.24) is 0 Å². The summed E-state index contributed by atoms with van der Waals surface area (Å²) < 4.78 is 0.540. The van der Waals surface area contributed by atoms with Crippen molar-refractivity contribution < 1.29 is 9.90 Å². The molecule has 0 spiro atoms. The Morgan fingerprint density at radius 3 is 2.44 bits per heavy atom. The van der Waals surface area contributed by atoms with Gasteiger partial charge >= 0.3 is 6.09 Å². The van der Waals surface area contributed by atoms with Gasteiger partial charge < -0.3 is 5.11 Å². The molecule has 0 aliphatic heterocycles. The number of halogens is 2. The first-order chi connectivity index (χ1) is 8.18. The van der Waals surface area contributed by atoms with Crippen molar-refractivity contribution in [3.8, 4) is 6.07 Å². The molecule has 0 fully saturated rings. The molecule has 1 aromatic rings. The fourth-order valence-electron chi connectivity index (χ4n) is 1.55. The third-order valence-electron chi connectivity index (χ3n) is 2.26. The van der Waals surface area contributed by atoms with Gasteiger partial charge in [-0.25, -0.2) is 4.79 Å². The standard InChI is InChI=1S/C12H12BrClN2O2/c1-12(2,3)16(11(17)18)10-4-7(6-15)8(13)5-9(10)14/h4-5H,1-3H3,(H,17,18). The number of nitrogens with zero attached hydrogens (tertiary/aromatic N) is 2. The van der Waals surface area contributed by atoms with E-state index in [1.807, 2.05) is 6.07 Å². The molecule has 0 aliphatic rings. The van der Waals surface area contributed by atoms with Crippen molar-refractivity contribution in [1.29, 1.82) is 5.26 Å². The first kappa shape index (κ1) is 14.8. The Bertz CT molecular complexity index is 532. The van der Waals surface area contributed by atoms with E-state index in [0.29, 0.717) is 15.7 Å². The molecule has 4 nitrogen and oxygen atoms in total. The number of carboxylic acid groups (broad SMARTS) is 1. The van der Waals surface area contributed by atoms with Crippen LogP contribution in [0.25, 0.3) is 0 Å². The summed E-state index contributed by atoms with van der Waals surface area (Å²) in [6, 6.07) is 4.97. The maximum Gasteiger partial charge on any atom is 0.412 e. The van der Waals surface area contributed by atoms with Gasteiger partial charge in [0.25, 0.3) is 0 Å².